The smallest absolute Gasteiger partial charge is 0.407 e. The van der Waals surface area contributed by atoms with Gasteiger partial charge in [0.15, 0.2) is 0 Å². The number of carboxylic acids is 1. The minimum absolute atomic E-state index is 0.0564. The average Bonchev–Trinajstić information content (AvgIpc) is 3.13. The van der Waals surface area contributed by atoms with Gasteiger partial charge in [-0.25, -0.2) is 4.79 Å². The van der Waals surface area contributed by atoms with Gasteiger partial charge < -0.3 is 30.0 Å². The van der Waals surface area contributed by atoms with Crippen molar-refractivity contribution in [3.05, 3.63) is 59.7 Å². The van der Waals surface area contributed by atoms with Crippen molar-refractivity contribution < 1.29 is 33.7 Å². The van der Waals surface area contributed by atoms with Crippen LogP contribution in [0.3, 0.4) is 0 Å². The molecule has 1 aliphatic rings. The normalized spacial score (nSPS) is 14.0. The Balaban J connectivity index is 1.61. The largest absolute Gasteiger partial charge is 0.481 e. The molecule has 33 heavy (non-hydrogen) atoms. The third-order valence-corrected chi connectivity index (χ3v) is 5.52. The van der Waals surface area contributed by atoms with Crippen LogP contribution in [0, 0.1) is 0 Å². The van der Waals surface area contributed by atoms with E-state index in [0.29, 0.717) is 0 Å². The van der Waals surface area contributed by atoms with Crippen LogP contribution < -0.4 is 10.6 Å². The van der Waals surface area contributed by atoms with Crippen molar-refractivity contribution in [3.8, 4) is 11.1 Å². The molecule has 2 unspecified atom stereocenters. The number of alkyl carbamates (subject to hydrolysis) is 1. The molecule has 0 aromatic heterocycles. The first-order valence-electron chi connectivity index (χ1n) is 10.6. The van der Waals surface area contributed by atoms with Crippen molar-refractivity contribution in [3.63, 3.8) is 0 Å². The van der Waals surface area contributed by atoms with E-state index in [2.05, 4.69) is 10.6 Å². The Morgan fingerprint density at radius 3 is 2.15 bits per heavy atom. The molecule has 3 N–H and O–H groups in total. The van der Waals surface area contributed by atoms with Gasteiger partial charge in [-0.1, -0.05) is 48.5 Å². The third kappa shape index (κ3) is 6.09. The lowest BCUT2D eigenvalue weighted by Gasteiger charge is -2.20. The summed E-state index contributed by atoms with van der Waals surface area (Å²) in [6, 6.07) is 14.5. The molecule has 0 bridgehead atoms. The summed E-state index contributed by atoms with van der Waals surface area (Å²) in [5.41, 5.74) is 4.29. The lowest BCUT2D eigenvalue weighted by molar-refractivity contribution is -0.140. The molecule has 3 rings (SSSR count). The van der Waals surface area contributed by atoms with Crippen LogP contribution in [0.15, 0.2) is 48.5 Å². The fourth-order valence-electron chi connectivity index (χ4n) is 3.90. The van der Waals surface area contributed by atoms with Gasteiger partial charge in [0.25, 0.3) is 0 Å². The molecule has 2 aromatic rings. The minimum atomic E-state index is -1.29. The monoisotopic (exact) mass is 456 g/mol. The Hall–Kier alpha value is -3.43. The van der Waals surface area contributed by atoms with Crippen molar-refractivity contribution in [1.82, 2.24) is 10.6 Å². The van der Waals surface area contributed by atoms with Crippen molar-refractivity contribution in [2.45, 2.75) is 24.5 Å². The summed E-state index contributed by atoms with van der Waals surface area (Å²) in [7, 11) is 2.97. The number of benzene rings is 2. The van der Waals surface area contributed by atoms with Crippen molar-refractivity contribution in [2.75, 3.05) is 34.0 Å². The first kappa shape index (κ1) is 24.2. The molecule has 2 amide bonds. The van der Waals surface area contributed by atoms with Gasteiger partial charge in [-0.15, -0.1) is 0 Å². The van der Waals surface area contributed by atoms with Crippen LogP contribution in [0.4, 0.5) is 4.79 Å². The molecule has 0 fully saturated rings. The van der Waals surface area contributed by atoms with E-state index in [0.717, 1.165) is 22.3 Å². The highest BCUT2D eigenvalue weighted by Crippen LogP contribution is 2.44. The fraction of sp³-hybridized carbons (Fsp3) is 0.375. The molecule has 0 spiro atoms. The maximum absolute atomic E-state index is 12.5. The van der Waals surface area contributed by atoms with Crippen LogP contribution in [0.2, 0.25) is 0 Å². The molecular weight excluding hydrogens is 428 g/mol. The summed E-state index contributed by atoms with van der Waals surface area (Å²) in [6.45, 7) is 0.409. The van der Waals surface area contributed by atoms with Crippen LogP contribution >= 0.6 is 0 Å². The summed E-state index contributed by atoms with van der Waals surface area (Å²) in [5.74, 6) is -2.02. The van der Waals surface area contributed by atoms with E-state index >= 15 is 0 Å². The molecule has 0 saturated heterocycles. The predicted octanol–water partition coefficient (Wildman–Crippen LogP) is 2.15. The van der Waals surface area contributed by atoms with Gasteiger partial charge in [0, 0.05) is 26.7 Å². The van der Waals surface area contributed by atoms with E-state index in [1.54, 1.807) is 0 Å². The Bertz CT molecular complexity index is 949. The van der Waals surface area contributed by atoms with E-state index in [1.165, 1.54) is 14.2 Å². The molecular formula is C24H28N2O7. The van der Waals surface area contributed by atoms with E-state index in [-0.39, 0.29) is 25.7 Å². The molecule has 9 heteroatoms. The molecule has 0 heterocycles. The second-order valence-corrected chi connectivity index (χ2v) is 7.68. The number of carbonyl (C=O) groups excluding carboxylic acids is 2. The summed E-state index contributed by atoms with van der Waals surface area (Å²) in [4.78, 5) is 36.2. The van der Waals surface area contributed by atoms with Gasteiger partial charge in [-0.3, -0.25) is 9.59 Å². The summed E-state index contributed by atoms with van der Waals surface area (Å²) < 4.78 is 15.6. The number of carboxylic acid groups (broad SMARTS) is 1. The topological polar surface area (TPSA) is 123 Å². The number of methoxy groups -OCH3 is 2. The summed E-state index contributed by atoms with van der Waals surface area (Å²) >= 11 is 0. The number of hydrogen-bond donors (Lipinski definition) is 3. The second-order valence-electron chi connectivity index (χ2n) is 7.68. The number of hydrogen-bond acceptors (Lipinski definition) is 6. The lowest BCUT2D eigenvalue weighted by Crippen LogP contribution is -2.50. The third-order valence-electron chi connectivity index (χ3n) is 5.52. The van der Waals surface area contributed by atoms with Gasteiger partial charge >= 0.3 is 12.1 Å². The highest BCUT2D eigenvalue weighted by atomic mass is 16.5. The standard InChI is InChI=1S/C24H28N2O7/c1-31-13-15(32-2)12-25-23(29)21(11-22(27)28)26-24(30)33-14-20-18-9-5-3-7-16(18)17-8-4-6-10-19(17)20/h3-10,15,20-21H,11-14H2,1-2H3,(H,25,29)(H,26,30)(H,27,28). The van der Waals surface area contributed by atoms with Crippen LogP contribution in [-0.2, 0) is 23.8 Å². The average molecular weight is 456 g/mol. The first-order chi connectivity index (χ1) is 15.9. The van der Waals surface area contributed by atoms with Gasteiger partial charge in [-0.05, 0) is 22.3 Å². The highest BCUT2D eigenvalue weighted by Gasteiger charge is 2.30. The Kier molecular flexibility index (Phi) is 8.39. The summed E-state index contributed by atoms with van der Waals surface area (Å²) in [5, 5.41) is 14.1. The number of ether oxygens (including phenoxy) is 3. The maximum atomic E-state index is 12.5. The van der Waals surface area contributed by atoms with Gasteiger partial charge in [0.1, 0.15) is 12.6 Å². The van der Waals surface area contributed by atoms with Crippen LogP contribution in [-0.4, -0.2) is 69.2 Å². The number of amides is 2. The molecule has 9 nitrogen and oxygen atoms in total. The van der Waals surface area contributed by atoms with E-state index in [4.69, 9.17) is 19.3 Å². The van der Waals surface area contributed by atoms with E-state index in [1.807, 2.05) is 48.5 Å². The van der Waals surface area contributed by atoms with Crippen molar-refractivity contribution >= 4 is 18.0 Å². The molecule has 2 atom stereocenters. The Labute approximate surface area is 192 Å². The first-order valence-corrected chi connectivity index (χ1v) is 10.6. The number of fused-ring (bicyclic) bond motifs is 3. The van der Waals surface area contributed by atoms with Crippen molar-refractivity contribution in [1.29, 1.82) is 0 Å². The van der Waals surface area contributed by atoms with Crippen LogP contribution in [0.1, 0.15) is 23.5 Å². The van der Waals surface area contributed by atoms with Gasteiger partial charge in [0.2, 0.25) is 5.91 Å². The molecule has 176 valence electrons. The van der Waals surface area contributed by atoms with Crippen LogP contribution in [0.5, 0.6) is 0 Å². The minimum Gasteiger partial charge on any atom is -0.481 e. The van der Waals surface area contributed by atoms with Gasteiger partial charge in [0.05, 0.1) is 19.1 Å². The highest BCUT2D eigenvalue weighted by molar-refractivity contribution is 5.89. The molecule has 0 radical (unpaired) electrons. The fourth-order valence-corrected chi connectivity index (χ4v) is 3.90. The SMILES string of the molecule is COCC(CNC(=O)C(CC(=O)O)NC(=O)OCC1c2ccccc2-c2ccccc21)OC. The molecule has 0 aliphatic heterocycles. The number of aliphatic carboxylic acids is 1. The zero-order valence-corrected chi connectivity index (χ0v) is 18.6. The quantitative estimate of drug-likeness (QED) is 0.473. The Morgan fingerprint density at radius 1 is 1.00 bits per heavy atom. The maximum Gasteiger partial charge on any atom is 0.407 e. The van der Waals surface area contributed by atoms with Crippen LogP contribution in [0.25, 0.3) is 11.1 Å². The number of carbonyl (C=O) groups is 3. The number of nitrogens with one attached hydrogen (secondary N) is 2. The van der Waals surface area contributed by atoms with Crippen molar-refractivity contribution in [2.24, 2.45) is 0 Å². The number of rotatable bonds is 11. The molecule has 1 aliphatic carbocycles. The van der Waals surface area contributed by atoms with Gasteiger partial charge in [-0.2, -0.15) is 0 Å². The van der Waals surface area contributed by atoms with E-state index in [9.17, 15) is 14.4 Å². The molecule has 2 aromatic carbocycles. The second kappa shape index (κ2) is 11.4. The lowest BCUT2D eigenvalue weighted by atomic mass is 9.98. The summed E-state index contributed by atoms with van der Waals surface area (Å²) in [6.07, 6.45) is -1.85. The zero-order chi connectivity index (χ0) is 23.8. The zero-order valence-electron chi connectivity index (χ0n) is 18.6. The Morgan fingerprint density at radius 2 is 1.61 bits per heavy atom. The molecule has 0 saturated carbocycles. The predicted molar refractivity (Wildman–Crippen MR) is 120 cm³/mol. The van der Waals surface area contributed by atoms with E-state index < -0.39 is 36.5 Å².